The molecule has 0 spiro atoms. The van der Waals surface area contributed by atoms with Gasteiger partial charge in [-0.25, -0.2) is 4.98 Å². The van der Waals surface area contributed by atoms with Crippen LogP contribution in [0.4, 0.5) is 5.69 Å². The molecule has 2 amide bonds. The van der Waals surface area contributed by atoms with Crippen LogP contribution in [0.15, 0.2) is 54.9 Å². The number of ether oxygens (including phenoxy) is 1. The Hall–Kier alpha value is -3.32. The number of hydrogen-bond donors (Lipinski definition) is 2. The van der Waals surface area contributed by atoms with E-state index >= 15 is 0 Å². The molecule has 0 atom stereocenters. The first-order valence-corrected chi connectivity index (χ1v) is 9.68. The molecule has 0 bridgehead atoms. The second-order valence-electron chi connectivity index (χ2n) is 7.00. The number of benzene rings is 1. The molecule has 4 rings (SSSR count). The third kappa shape index (κ3) is 4.41. The van der Waals surface area contributed by atoms with Crippen LogP contribution in [0.1, 0.15) is 33.8 Å². The highest BCUT2D eigenvalue weighted by molar-refractivity contribution is 6.13. The van der Waals surface area contributed by atoms with Gasteiger partial charge in [0.15, 0.2) is 5.69 Å². The topological polar surface area (TPSA) is 93.2 Å². The first-order valence-electron chi connectivity index (χ1n) is 9.68. The van der Waals surface area contributed by atoms with E-state index in [2.05, 4.69) is 20.6 Å². The van der Waals surface area contributed by atoms with Crippen molar-refractivity contribution in [3.05, 3.63) is 66.2 Å². The molecular weight excluding hydrogens is 368 g/mol. The number of nitrogens with one attached hydrogen (secondary N) is 2. The van der Waals surface area contributed by atoms with Gasteiger partial charge in [-0.2, -0.15) is 0 Å². The highest BCUT2D eigenvalue weighted by Gasteiger charge is 2.19. The number of anilines is 1. The molecule has 7 heteroatoms. The van der Waals surface area contributed by atoms with Crippen molar-refractivity contribution in [2.24, 2.45) is 5.92 Å². The third-order valence-electron chi connectivity index (χ3n) is 5.05. The van der Waals surface area contributed by atoms with Gasteiger partial charge in [0.05, 0.1) is 5.69 Å². The zero-order chi connectivity index (χ0) is 20.1. The third-order valence-corrected chi connectivity index (χ3v) is 5.05. The SMILES string of the molecule is O=C(NCC1CCOCC1)c1ncccc1NC(=O)c1nccc2ccccc12. The fraction of sp³-hybridized carbons (Fsp3) is 0.273. The molecule has 2 aromatic heterocycles. The van der Waals surface area contributed by atoms with E-state index in [0.717, 1.165) is 36.8 Å². The molecule has 148 valence electrons. The predicted octanol–water partition coefficient (Wildman–Crippen LogP) is 3.04. The van der Waals surface area contributed by atoms with Crippen LogP contribution in [0.3, 0.4) is 0 Å². The van der Waals surface area contributed by atoms with E-state index < -0.39 is 0 Å². The fourth-order valence-electron chi connectivity index (χ4n) is 3.44. The van der Waals surface area contributed by atoms with E-state index in [4.69, 9.17) is 4.74 Å². The molecule has 3 aromatic rings. The van der Waals surface area contributed by atoms with Gasteiger partial charge in [0.1, 0.15) is 5.69 Å². The largest absolute Gasteiger partial charge is 0.381 e. The Kier molecular flexibility index (Phi) is 5.76. The normalized spacial score (nSPS) is 14.5. The first-order chi connectivity index (χ1) is 14.2. The van der Waals surface area contributed by atoms with E-state index in [9.17, 15) is 9.59 Å². The molecule has 0 unspecified atom stereocenters. The lowest BCUT2D eigenvalue weighted by Gasteiger charge is -2.22. The lowest BCUT2D eigenvalue weighted by molar-refractivity contribution is 0.0642. The van der Waals surface area contributed by atoms with Crippen LogP contribution >= 0.6 is 0 Å². The van der Waals surface area contributed by atoms with Crippen molar-refractivity contribution in [2.75, 3.05) is 25.1 Å². The minimum absolute atomic E-state index is 0.188. The van der Waals surface area contributed by atoms with Crippen LogP contribution in [0.2, 0.25) is 0 Å². The van der Waals surface area contributed by atoms with Gasteiger partial charge in [0.25, 0.3) is 11.8 Å². The Balaban J connectivity index is 1.50. The number of fused-ring (bicyclic) bond motifs is 1. The number of aromatic nitrogens is 2. The number of pyridine rings is 2. The van der Waals surface area contributed by atoms with Crippen LogP contribution in [0, 0.1) is 5.92 Å². The maximum absolute atomic E-state index is 12.9. The zero-order valence-corrected chi connectivity index (χ0v) is 15.9. The maximum Gasteiger partial charge on any atom is 0.274 e. The van der Waals surface area contributed by atoms with Gasteiger partial charge in [0, 0.05) is 37.5 Å². The Morgan fingerprint density at radius 3 is 2.59 bits per heavy atom. The lowest BCUT2D eigenvalue weighted by atomic mass is 10.0. The van der Waals surface area contributed by atoms with Crippen molar-refractivity contribution >= 4 is 28.3 Å². The summed E-state index contributed by atoms with van der Waals surface area (Å²) < 4.78 is 5.35. The Morgan fingerprint density at radius 1 is 0.931 bits per heavy atom. The minimum atomic E-state index is -0.381. The molecule has 7 nitrogen and oxygen atoms in total. The number of rotatable bonds is 5. The number of carbonyl (C=O) groups excluding carboxylic acids is 2. The number of nitrogens with zero attached hydrogens (tertiary/aromatic N) is 2. The van der Waals surface area contributed by atoms with Gasteiger partial charge in [-0.3, -0.25) is 14.6 Å². The van der Waals surface area contributed by atoms with Gasteiger partial charge >= 0.3 is 0 Å². The summed E-state index contributed by atoms with van der Waals surface area (Å²) in [5, 5.41) is 7.40. The maximum atomic E-state index is 12.9. The summed E-state index contributed by atoms with van der Waals surface area (Å²) >= 11 is 0. The molecule has 1 aliphatic rings. The molecule has 1 saturated heterocycles. The van der Waals surface area contributed by atoms with E-state index in [1.54, 1.807) is 18.3 Å². The number of amides is 2. The van der Waals surface area contributed by atoms with Crippen LogP contribution in [0.25, 0.3) is 10.8 Å². The van der Waals surface area contributed by atoms with Gasteiger partial charge in [-0.05, 0) is 42.3 Å². The highest BCUT2D eigenvalue weighted by atomic mass is 16.5. The fourth-order valence-corrected chi connectivity index (χ4v) is 3.44. The van der Waals surface area contributed by atoms with Crippen LogP contribution in [-0.4, -0.2) is 41.5 Å². The summed E-state index contributed by atoms with van der Waals surface area (Å²) in [4.78, 5) is 33.9. The average Bonchev–Trinajstić information content (AvgIpc) is 2.78. The van der Waals surface area contributed by atoms with E-state index in [1.807, 2.05) is 30.3 Å². The molecular formula is C22H22N4O3. The van der Waals surface area contributed by atoms with Gasteiger partial charge in [-0.15, -0.1) is 0 Å². The molecule has 0 aliphatic carbocycles. The van der Waals surface area contributed by atoms with Crippen molar-refractivity contribution < 1.29 is 14.3 Å². The molecule has 3 heterocycles. The molecule has 2 N–H and O–H groups in total. The monoisotopic (exact) mass is 390 g/mol. The smallest absolute Gasteiger partial charge is 0.274 e. The van der Waals surface area contributed by atoms with Gasteiger partial charge in [0.2, 0.25) is 0 Å². The molecule has 0 radical (unpaired) electrons. The lowest BCUT2D eigenvalue weighted by Crippen LogP contribution is -2.33. The zero-order valence-electron chi connectivity index (χ0n) is 15.9. The first kappa shape index (κ1) is 19.0. The Morgan fingerprint density at radius 2 is 1.72 bits per heavy atom. The van der Waals surface area contributed by atoms with Crippen LogP contribution < -0.4 is 10.6 Å². The van der Waals surface area contributed by atoms with Crippen molar-refractivity contribution in [2.45, 2.75) is 12.8 Å². The summed E-state index contributed by atoms with van der Waals surface area (Å²) in [7, 11) is 0. The molecule has 1 fully saturated rings. The van der Waals surface area contributed by atoms with E-state index in [1.165, 1.54) is 6.20 Å². The highest BCUT2D eigenvalue weighted by Crippen LogP contribution is 2.19. The van der Waals surface area contributed by atoms with E-state index in [0.29, 0.717) is 23.8 Å². The Labute approximate surface area is 168 Å². The van der Waals surface area contributed by atoms with Crippen molar-refractivity contribution in [1.82, 2.24) is 15.3 Å². The van der Waals surface area contributed by atoms with Crippen LogP contribution in [-0.2, 0) is 4.74 Å². The minimum Gasteiger partial charge on any atom is -0.381 e. The summed E-state index contributed by atoms with van der Waals surface area (Å²) in [6, 6.07) is 12.7. The summed E-state index contributed by atoms with van der Waals surface area (Å²) in [6.07, 6.45) is 4.99. The summed E-state index contributed by atoms with van der Waals surface area (Å²) in [6.45, 7) is 2.02. The predicted molar refractivity (Wildman–Crippen MR) is 110 cm³/mol. The second-order valence-corrected chi connectivity index (χ2v) is 7.00. The van der Waals surface area contributed by atoms with Crippen LogP contribution in [0.5, 0.6) is 0 Å². The van der Waals surface area contributed by atoms with Crippen molar-refractivity contribution in [3.63, 3.8) is 0 Å². The summed E-state index contributed by atoms with van der Waals surface area (Å²) in [5.41, 5.74) is 0.852. The van der Waals surface area contributed by atoms with Crippen molar-refractivity contribution in [1.29, 1.82) is 0 Å². The average molecular weight is 390 g/mol. The van der Waals surface area contributed by atoms with Crippen molar-refractivity contribution in [3.8, 4) is 0 Å². The molecule has 0 saturated carbocycles. The van der Waals surface area contributed by atoms with Gasteiger partial charge < -0.3 is 15.4 Å². The number of carbonyl (C=O) groups is 2. The Bertz CT molecular complexity index is 1030. The number of hydrogen-bond acceptors (Lipinski definition) is 5. The molecule has 1 aromatic carbocycles. The second kappa shape index (κ2) is 8.79. The molecule has 1 aliphatic heterocycles. The van der Waals surface area contributed by atoms with E-state index in [-0.39, 0.29) is 17.5 Å². The quantitative estimate of drug-likeness (QED) is 0.698. The standard InChI is InChI=1S/C22H22N4O3/c27-21(25-14-15-8-12-29-13-9-15)20-18(6-3-10-23-20)26-22(28)19-17-5-2-1-4-16(17)7-11-24-19/h1-7,10-11,15H,8-9,12-14H2,(H,25,27)(H,26,28). The summed E-state index contributed by atoms with van der Waals surface area (Å²) in [5.74, 6) is -0.291. The van der Waals surface area contributed by atoms with Gasteiger partial charge in [-0.1, -0.05) is 24.3 Å². The molecule has 29 heavy (non-hydrogen) atoms.